The first-order chi connectivity index (χ1) is 16.4. The summed E-state index contributed by atoms with van der Waals surface area (Å²) >= 11 is 0. The lowest BCUT2D eigenvalue weighted by Crippen LogP contribution is -2.47. The lowest BCUT2D eigenvalue weighted by molar-refractivity contribution is -0.157. The summed E-state index contributed by atoms with van der Waals surface area (Å²) in [5, 5.41) is 13.3. The van der Waals surface area contributed by atoms with E-state index in [0.717, 1.165) is 44.5 Å². The molecule has 0 radical (unpaired) electrons. The number of nitrogens with one attached hydrogen (secondary N) is 1. The van der Waals surface area contributed by atoms with Crippen molar-refractivity contribution < 1.29 is 24.3 Å². The molecule has 2 saturated heterocycles. The number of amides is 3. The van der Waals surface area contributed by atoms with Crippen molar-refractivity contribution in [2.75, 3.05) is 49.6 Å². The van der Waals surface area contributed by atoms with Gasteiger partial charge in [0.1, 0.15) is 6.04 Å². The average molecular weight is 473 g/mol. The Morgan fingerprint density at radius 2 is 1.97 bits per heavy atom. The number of carbonyl (C=O) groups is 3. The molecule has 1 aromatic carbocycles. The third-order valence-corrected chi connectivity index (χ3v) is 7.35. The molecule has 1 aliphatic carbocycles. The van der Waals surface area contributed by atoms with Gasteiger partial charge in [-0.1, -0.05) is 19.8 Å². The molecule has 3 aliphatic rings. The van der Waals surface area contributed by atoms with Crippen LogP contribution in [0.15, 0.2) is 24.3 Å². The number of hydrogen-bond donors (Lipinski definition) is 2. The summed E-state index contributed by atoms with van der Waals surface area (Å²) in [5.41, 5.74) is 1.84. The van der Waals surface area contributed by atoms with Crippen LogP contribution in [0.1, 0.15) is 45.4 Å². The van der Waals surface area contributed by atoms with Crippen LogP contribution in [0.5, 0.6) is 0 Å². The first-order valence-corrected chi connectivity index (χ1v) is 12.4. The van der Waals surface area contributed by atoms with Gasteiger partial charge in [0.2, 0.25) is 18.2 Å². The van der Waals surface area contributed by atoms with E-state index in [0.29, 0.717) is 49.8 Å². The quantitative estimate of drug-likeness (QED) is 0.308. The minimum atomic E-state index is -0.540. The van der Waals surface area contributed by atoms with Crippen LogP contribution in [0.2, 0.25) is 0 Å². The smallest absolute Gasteiger partial charge is 0.247 e. The van der Waals surface area contributed by atoms with Gasteiger partial charge in [-0.2, -0.15) is 0 Å². The Morgan fingerprint density at radius 1 is 1.26 bits per heavy atom. The number of ether oxygens (including phenoxy) is 1. The summed E-state index contributed by atoms with van der Waals surface area (Å²) < 4.78 is 5.41. The van der Waals surface area contributed by atoms with Gasteiger partial charge in [0.15, 0.2) is 0 Å². The zero-order chi connectivity index (χ0) is 24.1. The van der Waals surface area contributed by atoms with E-state index in [1.54, 1.807) is 4.90 Å². The summed E-state index contributed by atoms with van der Waals surface area (Å²) in [5.74, 6) is -0.852. The van der Waals surface area contributed by atoms with E-state index in [4.69, 9.17) is 4.74 Å². The van der Waals surface area contributed by atoms with Crippen LogP contribution in [-0.4, -0.2) is 78.8 Å². The molecule has 2 aliphatic heterocycles. The van der Waals surface area contributed by atoms with Crippen molar-refractivity contribution in [3.05, 3.63) is 24.3 Å². The fourth-order valence-corrected chi connectivity index (χ4v) is 5.11. The molecule has 9 heteroatoms. The Balaban J connectivity index is 1.43. The van der Waals surface area contributed by atoms with E-state index in [9.17, 15) is 19.6 Å². The maximum absolute atomic E-state index is 13.5. The average Bonchev–Trinajstić information content (AvgIpc) is 3.51. The van der Waals surface area contributed by atoms with E-state index < -0.39 is 12.0 Å². The van der Waals surface area contributed by atoms with Crippen LogP contribution in [0.4, 0.5) is 11.4 Å². The summed E-state index contributed by atoms with van der Waals surface area (Å²) in [6.07, 6.45) is 5.32. The molecule has 3 amide bonds. The van der Waals surface area contributed by atoms with Crippen LogP contribution in [0, 0.1) is 11.3 Å². The molecule has 2 atom stereocenters. The van der Waals surface area contributed by atoms with Crippen molar-refractivity contribution in [2.24, 2.45) is 11.3 Å². The van der Waals surface area contributed by atoms with E-state index >= 15 is 0 Å². The van der Waals surface area contributed by atoms with Gasteiger partial charge < -0.3 is 19.9 Å². The number of hydroxylamine groups is 2. The number of anilines is 2. The fraction of sp³-hybridized carbons (Fsp3) is 0.640. The Bertz CT molecular complexity index is 867. The number of rotatable bonds is 10. The standard InChI is InChI=1S/C25H36N4O5/c1-2-3-4-19(16-28(33)18-30)24(32)29-17-25(9-10-25)15-22(29)23(31)26-20-5-7-21(8-6-20)27-11-13-34-14-12-27/h5-8,18-19,22,33H,2-4,9-17H2,1H3,(H,26,31). The molecular formula is C25H36N4O5. The predicted octanol–water partition coefficient (Wildman–Crippen LogP) is 2.50. The van der Waals surface area contributed by atoms with Crippen LogP contribution < -0.4 is 10.2 Å². The molecule has 34 heavy (non-hydrogen) atoms. The van der Waals surface area contributed by atoms with Crippen LogP contribution >= 0.6 is 0 Å². The Morgan fingerprint density at radius 3 is 2.59 bits per heavy atom. The van der Waals surface area contributed by atoms with Crippen LogP contribution in [0.3, 0.4) is 0 Å². The van der Waals surface area contributed by atoms with E-state index in [2.05, 4.69) is 10.2 Å². The van der Waals surface area contributed by atoms with Gasteiger partial charge in [0, 0.05) is 31.0 Å². The van der Waals surface area contributed by atoms with Crippen molar-refractivity contribution in [1.82, 2.24) is 9.96 Å². The molecule has 3 fully saturated rings. The monoisotopic (exact) mass is 472 g/mol. The second-order valence-corrected chi connectivity index (χ2v) is 9.89. The Kier molecular flexibility index (Phi) is 7.73. The zero-order valence-electron chi connectivity index (χ0n) is 19.9. The molecule has 1 spiro atoms. The highest BCUT2D eigenvalue weighted by Crippen LogP contribution is 2.55. The number of carbonyl (C=O) groups excluding carboxylic acids is 3. The first kappa shape index (κ1) is 24.5. The predicted molar refractivity (Wildman–Crippen MR) is 127 cm³/mol. The summed E-state index contributed by atoms with van der Waals surface area (Å²) in [4.78, 5) is 41.7. The first-order valence-electron chi connectivity index (χ1n) is 12.4. The van der Waals surface area contributed by atoms with Crippen molar-refractivity contribution in [3.8, 4) is 0 Å². The van der Waals surface area contributed by atoms with Crippen molar-refractivity contribution in [1.29, 1.82) is 0 Å². The van der Waals surface area contributed by atoms with Gasteiger partial charge in [-0.25, -0.2) is 5.06 Å². The van der Waals surface area contributed by atoms with Gasteiger partial charge >= 0.3 is 0 Å². The van der Waals surface area contributed by atoms with Gasteiger partial charge in [0.05, 0.1) is 25.7 Å². The molecule has 186 valence electrons. The van der Waals surface area contributed by atoms with Gasteiger partial charge in [-0.3, -0.25) is 19.6 Å². The SMILES string of the molecule is CCCCC(CN(O)C=O)C(=O)N1CC2(CC2)CC1C(=O)Nc1ccc(N2CCOCC2)cc1. The molecular weight excluding hydrogens is 436 g/mol. The van der Waals surface area contributed by atoms with Gasteiger partial charge in [-0.15, -0.1) is 0 Å². The Hall–Kier alpha value is -2.65. The van der Waals surface area contributed by atoms with E-state index in [-0.39, 0.29) is 23.8 Å². The lowest BCUT2D eigenvalue weighted by atomic mass is 9.99. The second kappa shape index (κ2) is 10.7. The zero-order valence-corrected chi connectivity index (χ0v) is 19.9. The maximum atomic E-state index is 13.5. The third-order valence-electron chi connectivity index (χ3n) is 7.35. The molecule has 2 heterocycles. The van der Waals surface area contributed by atoms with Gasteiger partial charge in [-0.05, 0) is 55.4 Å². The van der Waals surface area contributed by atoms with Gasteiger partial charge in [0.25, 0.3) is 0 Å². The highest BCUT2D eigenvalue weighted by molar-refractivity contribution is 5.98. The highest BCUT2D eigenvalue weighted by atomic mass is 16.5. The van der Waals surface area contributed by atoms with Crippen LogP contribution in [-0.2, 0) is 19.1 Å². The van der Waals surface area contributed by atoms with Crippen molar-refractivity contribution >= 4 is 29.6 Å². The largest absolute Gasteiger partial charge is 0.378 e. The maximum Gasteiger partial charge on any atom is 0.247 e. The highest BCUT2D eigenvalue weighted by Gasteiger charge is 2.55. The molecule has 0 aromatic heterocycles. The number of benzene rings is 1. The van der Waals surface area contributed by atoms with E-state index in [1.165, 1.54) is 0 Å². The molecule has 2 unspecified atom stereocenters. The summed E-state index contributed by atoms with van der Waals surface area (Å²) in [6.45, 7) is 5.67. The Labute approximate surface area is 201 Å². The van der Waals surface area contributed by atoms with E-state index in [1.807, 2.05) is 31.2 Å². The number of likely N-dealkylation sites (tertiary alicyclic amines) is 1. The molecule has 1 saturated carbocycles. The fourth-order valence-electron chi connectivity index (χ4n) is 5.11. The number of unbranched alkanes of at least 4 members (excludes halogenated alkanes) is 1. The third kappa shape index (κ3) is 5.70. The minimum absolute atomic E-state index is 0.0384. The van der Waals surface area contributed by atoms with Crippen LogP contribution in [0.25, 0.3) is 0 Å². The number of nitrogens with zero attached hydrogens (tertiary/aromatic N) is 3. The second-order valence-electron chi connectivity index (χ2n) is 9.89. The summed E-state index contributed by atoms with van der Waals surface area (Å²) in [6, 6.07) is 7.25. The molecule has 1 aromatic rings. The minimum Gasteiger partial charge on any atom is -0.378 e. The van der Waals surface area contributed by atoms with Crippen molar-refractivity contribution in [2.45, 2.75) is 51.5 Å². The lowest BCUT2D eigenvalue weighted by Gasteiger charge is -2.30. The molecule has 4 rings (SSSR count). The van der Waals surface area contributed by atoms with Crippen molar-refractivity contribution in [3.63, 3.8) is 0 Å². The molecule has 0 bridgehead atoms. The normalized spacial score (nSPS) is 21.9. The topological polar surface area (TPSA) is 102 Å². The molecule has 2 N–H and O–H groups in total. The number of hydrogen-bond acceptors (Lipinski definition) is 6. The number of morpholine rings is 1. The summed E-state index contributed by atoms with van der Waals surface area (Å²) in [7, 11) is 0. The molecule has 9 nitrogen and oxygen atoms in total.